The van der Waals surface area contributed by atoms with Crippen molar-refractivity contribution in [1.29, 1.82) is 0 Å². The fraction of sp³-hybridized carbons (Fsp3) is 0.538. The van der Waals surface area contributed by atoms with Gasteiger partial charge < -0.3 is 5.73 Å². The van der Waals surface area contributed by atoms with E-state index in [1.54, 1.807) is 7.05 Å². The first kappa shape index (κ1) is 15.1. The van der Waals surface area contributed by atoms with Gasteiger partial charge in [0.25, 0.3) is 0 Å². The third-order valence-corrected chi connectivity index (χ3v) is 5.55. The van der Waals surface area contributed by atoms with Crippen molar-refractivity contribution in [2.75, 3.05) is 20.1 Å². The van der Waals surface area contributed by atoms with E-state index in [-0.39, 0.29) is 6.54 Å². The molecule has 0 amide bonds. The van der Waals surface area contributed by atoms with Crippen molar-refractivity contribution in [3.8, 4) is 0 Å². The first-order valence-corrected chi connectivity index (χ1v) is 7.71. The zero-order chi connectivity index (χ0) is 13.6. The molecular formula is C13H22N2O2S. The van der Waals surface area contributed by atoms with Crippen molar-refractivity contribution in [2.24, 2.45) is 5.73 Å². The molecule has 5 heteroatoms. The van der Waals surface area contributed by atoms with E-state index in [0.29, 0.717) is 13.0 Å². The highest BCUT2D eigenvalue weighted by Crippen LogP contribution is 2.11. The molecule has 18 heavy (non-hydrogen) atoms. The summed E-state index contributed by atoms with van der Waals surface area (Å²) in [6.07, 6.45) is 1.27. The molecular weight excluding hydrogens is 248 g/mol. The van der Waals surface area contributed by atoms with E-state index in [0.717, 1.165) is 12.0 Å². The Bertz CT molecular complexity index is 441. The van der Waals surface area contributed by atoms with Gasteiger partial charge >= 0.3 is 0 Å². The summed E-state index contributed by atoms with van der Waals surface area (Å²) < 4.78 is 25.7. The quantitative estimate of drug-likeness (QED) is 0.810. The van der Waals surface area contributed by atoms with Crippen molar-refractivity contribution >= 4 is 10.0 Å². The van der Waals surface area contributed by atoms with Gasteiger partial charge in [0.1, 0.15) is 0 Å². The molecule has 0 saturated carbocycles. The van der Waals surface area contributed by atoms with Gasteiger partial charge in [-0.15, -0.1) is 0 Å². The molecule has 1 atom stereocenters. The minimum absolute atomic E-state index is 0.175. The lowest BCUT2D eigenvalue weighted by Crippen LogP contribution is -2.40. The predicted octanol–water partition coefficient (Wildman–Crippen LogP) is 1.23. The van der Waals surface area contributed by atoms with E-state index in [9.17, 15) is 8.42 Å². The van der Waals surface area contributed by atoms with Crippen LogP contribution in [-0.2, 0) is 16.4 Å². The summed E-state index contributed by atoms with van der Waals surface area (Å²) in [7, 11) is -1.64. The molecule has 1 aromatic carbocycles. The van der Waals surface area contributed by atoms with Gasteiger partial charge in [0, 0.05) is 20.1 Å². The number of hydrogen-bond donors (Lipinski definition) is 1. The van der Waals surface area contributed by atoms with Gasteiger partial charge in [-0.1, -0.05) is 37.3 Å². The molecule has 0 aliphatic carbocycles. The molecule has 0 heterocycles. The highest BCUT2D eigenvalue weighted by atomic mass is 32.2. The molecule has 0 aromatic heterocycles. The summed E-state index contributed by atoms with van der Waals surface area (Å²) in [6.45, 7) is 2.51. The highest BCUT2D eigenvalue weighted by Gasteiger charge is 2.26. The first-order chi connectivity index (χ1) is 8.52. The number of sulfonamides is 1. The third kappa shape index (κ3) is 3.80. The first-order valence-electron chi connectivity index (χ1n) is 6.21. The fourth-order valence-corrected chi connectivity index (χ4v) is 3.33. The summed E-state index contributed by atoms with van der Waals surface area (Å²) in [4.78, 5) is 0. The van der Waals surface area contributed by atoms with E-state index in [2.05, 4.69) is 0 Å². The Hall–Kier alpha value is -0.910. The van der Waals surface area contributed by atoms with E-state index in [1.807, 2.05) is 37.3 Å². The maximum absolute atomic E-state index is 12.2. The SMILES string of the molecule is CCC(CN)S(=O)(=O)N(C)CCc1ccccc1. The zero-order valence-corrected chi connectivity index (χ0v) is 11.9. The topological polar surface area (TPSA) is 63.4 Å². The van der Waals surface area contributed by atoms with Crippen molar-refractivity contribution in [2.45, 2.75) is 25.0 Å². The average molecular weight is 270 g/mol. The van der Waals surface area contributed by atoms with Gasteiger partial charge in [-0.05, 0) is 18.4 Å². The lowest BCUT2D eigenvalue weighted by Gasteiger charge is -2.22. The molecule has 0 spiro atoms. The lowest BCUT2D eigenvalue weighted by molar-refractivity contribution is 0.459. The van der Waals surface area contributed by atoms with E-state index in [4.69, 9.17) is 5.73 Å². The van der Waals surface area contributed by atoms with E-state index in [1.165, 1.54) is 4.31 Å². The summed E-state index contributed by atoms with van der Waals surface area (Å²) in [6, 6.07) is 9.87. The van der Waals surface area contributed by atoms with Gasteiger partial charge in [-0.3, -0.25) is 0 Å². The van der Waals surface area contributed by atoms with Crippen molar-refractivity contribution < 1.29 is 8.42 Å². The van der Waals surface area contributed by atoms with Gasteiger partial charge in [0.15, 0.2) is 0 Å². The van der Waals surface area contributed by atoms with Crippen LogP contribution in [0, 0.1) is 0 Å². The van der Waals surface area contributed by atoms with E-state index < -0.39 is 15.3 Å². The second kappa shape index (κ2) is 6.87. The summed E-state index contributed by atoms with van der Waals surface area (Å²) >= 11 is 0. The normalized spacial score (nSPS) is 13.8. The Balaban J connectivity index is 2.62. The third-order valence-electron chi connectivity index (χ3n) is 3.13. The molecule has 0 aliphatic rings. The van der Waals surface area contributed by atoms with Crippen LogP contribution in [0.1, 0.15) is 18.9 Å². The molecule has 0 radical (unpaired) electrons. The van der Waals surface area contributed by atoms with Gasteiger partial charge in [0.05, 0.1) is 5.25 Å². The van der Waals surface area contributed by atoms with Crippen LogP contribution in [0.25, 0.3) is 0 Å². The van der Waals surface area contributed by atoms with Crippen LogP contribution in [0.2, 0.25) is 0 Å². The lowest BCUT2D eigenvalue weighted by atomic mass is 10.2. The summed E-state index contributed by atoms with van der Waals surface area (Å²) in [5.74, 6) is 0. The molecule has 1 rings (SSSR count). The largest absolute Gasteiger partial charge is 0.329 e. The highest BCUT2D eigenvalue weighted by molar-refractivity contribution is 7.89. The number of likely N-dealkylation sites (N-methyl/N-ethyl adjacent to an activating group) is 1. The Morgan fingerprint density at radius 2 is 1.89 bits per heavy atom. The second-order valence-electron chi connectivity index (χ2n) is 4.37. The molecule has 0 saturated heterocycles. The standard InChI is InChI=1S/C13H22N2O2S/c1-3-13(11-14)18(16,17)15(2)10-9-12-7-5-4-6-8-12/h4-8,13H,3,9-11,14H2,1-2H3. The minimum atomic E-state index is -3.26. The zero-order valence-electron chi connectivity index (χ0n) is 11.0. The maximum atomic E-state index is 12.2. The molecule has 1 aromatic rings. The molecule has 1 unspecified atom stereocenters. The van der Waals surface area contributed by atoms with Crippen LogP contribution >= 0.6 is 0 Å². The van der Waals surface area contributed by atoms with Crippen LogP contribution < -0.4 is 5.73 Å². The monoisotopic (exact) mass is 270 g/mol. The van der Waals surface area contributed by atoms with Crippen LogP contribution in [0.15, 0.2) is 30.3 Å². The molecule has 102 valence electrons. The van der Waals surface area contributed by atoms with Gasteiger partial charge in [0.2, 0.25) is 10.0 Å². The van der Waals surface area contributed by atoms with Crippen LogP contribution in [-0.4, -0.2) is 38.1 Å². The Morgan fingerprint density at radius 1 is 1.28 bits per heavy atom. The number of nitrogens with two attached hydrogens (primary N) is 1. The van der Waals surface area contributed by atoms with Crippen molar-refractivity contribution in [1.82, 2.24) is 4.31 Å². The Kier molecular flexibility index (Phi) is 5.78. The van der Waals surface area contributed by atoms with Crippen LogP contribution in [0.4, 0.5) is 0 Å². The summed E-state index contributed by atoms with van der Waals surface area (Å²) in [5, 5.41) is -0.474. The smallest absolute Gasteiger partial charge is 0.217 e. The molecule has 2 N–H and O–H groups in total. The number of hydrogen-bond acceptors (Lipinski definition) is 3. The van der Waals surface area contributed by atoms with E-state index >= 15 is 0 Å². The van der Waals surface area contributed by atoms with Gasteiger partial charge in [-0.25, -0.2) is 12.7 Å². The Labute approximate surface area is 110 Å². The Morgan fingerprint density at radius 3 is 2.39 bits per heavy atom. The molecule has 0 aliphatic heterocycles. The van der Waals surface area contributed by atoms with Crippen molar-refractivity contribution in [3.05, 3.63) is 35.9 Å². The number of rotatable bonds is 7. The van der Waals surface area contributed by atoms with Crippen LogP contribution in [0.5, 0.6) is 0 Å². The number of nitrogens with zero attached hydrogens (tertiary/aromatic N) is 1. The molecule has 0 fully saturated rings. The van der Waals surface area contributed by atoms with Crippen LogP contribution in [0.3, 0.4) is 0 Å². The molecule has 0 bridgehead atoms. The number of benzene rings is 1. The van der Waals surface area contributed by atoms with Crippen molar-refractivity contribution in [3.63, 3.8) is 0 Å². The predicted molar refractivity (Wildman–Crippen MR) is 74.8 cm³/mol. The second-order valence-corrected chi connectivity index (χ2v) is 6.69. The van der Waals surface area contributed by atoms with Gasteiger partial charge in [-0.2, -0.15) is 0 Å². The minimum Gasteiger partial charge on any atom is -0.329 e. The maximum Gasteiger partial charge on any atom is 0.217 e. The average Bonchev–Trinajstić information content (AvgIpc) is 2.38. The summed E-state index contributed by atoms with van der Waals surface area (Å²) in [5.41, 5.74) is 6.65. The molecule has 4 nitrogen and oxygen atoms in total. The fourth-order valence-electron chi connectivity index (χ4n) is 1.81.